The molecule has 0 N–H and O–H groups in total. The van der Waals surface area contributed by atoms with Crippen LogP contribution < -0.4 is 0 Å². The molecule has 0 radical (unpaired) electrons. The highest BCUT2D eigenvalue weighted by Crippen LogP contribution is 2.23. The number of carbonyl (C=O) groups is 1. The van der Waals surface area contributed by atoms with Crippen LogP contribution in [0.15, 0.2) is 0 Å². The van der Waals surface area contributed by atoms with Crippen molar-refractivity contribution in [2.75, 3.05) is 13.1 Å². The lowest BCUT2D eigenvalue weighted by Crippen LogP contribution is -2.36. The van der Waals surface area contributed by atoms with Gasteiger partial charge in [0.1, 0.15) is 6.54 Å². The summed E-state index contributed by atoms with van der Waals surface area (Å²) in [6, 6.07) is 0. The van der Waals surface area contributed by atoms with Gasteiger partial charge in [0.05, 0.1) is 4.83 Å². The maximum Gasteiger partial charge on any atom is 0.406 e. The van der Waals surface area contributed by atoms with Crippen LogP contribution in [0.25, 0.3) is 0 Å². The predicted octanol–water partition coefficient (Wildman–Crippen LogP) is 1.54. The molecule has 1 atom stereocenters. The number of nitrogens with zero attached hydrogens (tertiary/aromatic N) is 1. The molecule has 0 spiro atoms. The molecule has 0 aromatic heterocycles. The van der Waals surface area contributed by atoms with E-state index in [0.29, 0.717) is 6.42 Å². The zero-order valence-electron chi connectivity index (χ0n) is 6.07. The van der Waals surface area contributed by atoms with E-state index in [9.17, 15) is 18.0 Å². The summed E-state index contributed by atoms with van der Waals surface area (Å²) in [5.41, 5.74) is 0. The Bertz CT molecular complexity index is 194. The smallest absolute Gasteiger partial charge is 0.333 e. The van der Waals surface area contributed by atoms with Crippen LogP contribution >= 0.6 is 15.9 Å². The minimum Gasteiger partial charge on any atom is -0.333 e. The summed E-state index contributed by atoms with van der Waals surface area (Å²) in [6.45, 7) is -0.942. The molecule has 1 fully saturated rings. The summed E-state index contributed by atoms with van der Waals surface area (Å²) in [6.07, 6.45) is -3.83. The van der Waals surface area contributed by atoms with Crippen molar-refractivity contribution < 1.29 is 18.0 Å². The average Bonchev–Trinajstić information content (AvgIpc) is 2.16. The molecular formula is C6H7BrF3NO. The molecule has 1 unspecified atom stereocenters. The van der Waals surface area contributed by atoms with E-state index in [1.165, 1.54) is 0 Å². The van der Waals surface area contributed by atoms with Crippen LogP contribution in [0.2, 0.25) is 0 Å². The number of rotatable bonds is 1. The zero-order chi connectivity index (χ0) is 9.35. The molecule has 0 aromatic rings. The minimum atomic E-state index is -4.28. The molecule has 0 aromatic carbocycles. The van der Waals surface area contributed by atoms with Gasteiger partial charge < -0.3 is 4.90 Å². The second kappa shape index (κ2) is 3.24. The minimum absolute atomic E-state index is 0.189. The average molecular weight is 246 g/mol. The van der Waals surface area contributed by atoms with Crippen LogP contribution in [-0.2, 0) is 4.79 Å². The number of hydrogen-bond acceptors (Lipinski definition) is 1. The van der Waals surface area contributed by atoms with Gasteiger partial charge in [-0.05, 0) is 6.42 Å². The van der Waals surface area contributed by atoms with E-state index < -0.39 is 23.5 Å². The topological polar surface area (TPSA) is 20.3 Å². The zero-order valence-corrected chi connectivity index (χ0v) is 7.65. The van der Waals surface area contributed by atoms with E-state index >= 15 is 0 Å². The largest absolute Gasteiger partial charge is 0.406 e. The number of hydrogen-bond donors (Lipinski definition) is 0. The van der Waals surface area contributed by atoms with Gasteiger partial charge in [0, 0.05) is 6.54 Å². The van der Waals surface area contributed by atoms with Gasteiger partial charge in [-0.2, -0.15) is 13.2 Å². The molecule has 70 valence electrons. The summed E-state index contributed by atoms with van der Waals surface area (Å²) in [7, 11) is 0. The van der Waals surface area contributed by atoms with E-state index in [2.05, 4.69) is 15.9 Å². The van der Waals surface area contributed by atoms with Crippen LogP contribution in [0.5, 0.6) is 0 Å². The first-order valence-corrected chi connectivity index (χ1v) is 4.31. The molecule has 12 heavy (non-hydrogen) atoms. The summed E-state index contributed by atoms with van der Waals surface area (Å²) < 4.78 is 35.4. The Balaban J connectivity index is 2.50. The van der Waals surface area contributed by atoms with Crippen LogP contribution in [0.1, 0.15) is 6.42 Å². The maximum absolute atomic E-state index is 11.8. The molecule has 0 aliphatic carbocycles. The van der Waals surface area contributed by atoms with Gasteiger partial charge in [-0.3, -0.25) is 4.79 Å². The molecule has 2 nitrogen and oxygen atoms in total. The molecule has 1 aliphatic heterocycles. The van der Waals surface area contributed by atoms with Gasteiger partial charge in [0.25, 0.3) is 0 Å². The first-order valence-electron chi connectivity index (χ1n) is 3.40. The van der Waals surface area contributed by atoms with Crippen molar-refractivity contribution in [2.45, 2.75) is 17.4 Å². The Labute approximate surface area is 75.8 Å². The summed E-state index contributed by atoms with van der Waals surface area (Å²) >= 11 is 2.99. The highest BCUT2D eigenvalue weighted by Gasteiger charge is 2.38. The molecule has 1 saturated heterocycles. The fourth-order valence-electron chi connectivity index (χ4n) is 1.07. The Morgan fingerprint density at radius 1 is 1.58 bits per heavy atom. The molecular weight excluding hydrogens is 239 g/mol. The van der Waals surface area contributed by atoms with Crippen molar-refractivity contribution in [2.24, 2.45) is 0 Å². The quantitative estimate of drug-likeness (QED) is 0.642. The number of likely N-dealkylation sites (tertiary alicyclic amines) is 1. The fourth-order valence-corrected chi connectivity index (χ4v) is 1.57. The first-order chi connectivity index (χ1) is 5.40. The third-order valence-corrected chi connectivity index (χ3v) is 2.45. The van der Waals surface area contributed by atoms with Crippen molar-refractivity contribution in [1.82, 2.24) is 4.90 Å². The molecule has 1 rings (SSSR count). The molecule has 6 heteroatoms. The van der Waals surface area contributed by atoms with E-state index in [-0.39, 0.29) is 6.54 Å². The third kappa shape index (κ3) is 2.36. The summed E-state index contributed by atoms with van der Waals surface area (Å²) in [4.78, 5) is 11.4. The molecule has 1 aliphatic rings. The highest BCUT2D eigenvalue weighted by atomic mass is 79.9. The van der Waals surface area contributed by atoms with Crippen molar-refractivity contribution in [3.05, 3.63) is 0 Å². The van der Waals surface area contributed by atoms with Gasteiger partial charge >= 0.3 is 6.18 Å². The van der Waals surface area contributed by atoms with Crippen molar-refractivity contribution >= 4 is 21.8 Å². The predicted molar refractivity (Wildman–Crippen MR) is 40.0 cm³/mol. The van der Waals surface area contributed by atoms with Crippen LogP contribution in [0.4, 0.5) is 13.2 Å². The van der Waals surface area contributed by atoms with Crippen LogP contribution in [-0.4, -0.2) is 34.9 Å². The number of alkyl halides is 4. The van der Waals surface area contributed by atoms with Gasteiger partial charge in [-0.25, -0.2) is 0 Å². The van der Waals surface area contributed by atoms with E-state index in [4.69, 9.17) is 0 Å². The van der Waals surface area contributed by atoms with Gasteiger partial charge in [-0.15, -0.1) is 0 Å². The third-order valence-electron chi connectivity index (χ3n) is 1.60. The van der Waals surface area contributed by atoms with Gasteiger partial charge in [-0.1, -0.05) is 15.9 Å². The summed E-state index contributed by atoms with van der Waals surface area (Å²) in [5, 5.41) is 0. The van der Waals surface area contributed by atoms with E-state index in [0.717, 1.165) is 4.90 Å². The summed E-state index contributed by atoms with van der Waals surface area (Å²) in [5.74, 6) is -0.465. The van der Waals surface area contributed by atoms with Crippen molar-refractivity contribution in [3.63, 3.8) is 0 Å². The number of carbonyl (C=O) groups excluding carboxylic acids is 1. The Hall–Kier alpha value is -0.260. The van der Waals surface area contributed by atoms with Crippen LogP contribution in [0.3, 0.4) is 0 Å². The van der Waals surface area contributed by atoms with Gasteiger partial charge in [0.15, 0.2) is 0 Å². The Morgan fingerprint density at radius 2 is 2.17 bits per heavy atom. The lowest BCUT2D eigenvalue weighted by molar-refractivity contribution is -0.157. The molecule has 1 amide bonds. The molecule has 0 saturated carbocycles. The lowest BCUT2D eigenvalue weighted by Gasteiger charge is -2.17. The van der Waals surface area contributed by atoms with Gasteiger partial charge in [0.2, 0.25) is 5.91 Å². The van der Waals surface area contributed by atoms with E-state index in [1.807, 2.05) is 0 Å². The van der Waals surface area contributed by atoms with Crippen LogP contribution in [0, 0.1) is 0 Å². The highest BCUT2D eigenvalue weighted by molar-refractivity contribution is 9.10. The second-order valence-corrected chi connectivity index (χ2v) is 3.74. The number of amides is 1. The fraction of sp³-hybridized carbons (Fsp3) is 0.833. The van der Waals surface area contributed by atoms with Crippen molar-refractivity contribution in [3.8, 4) is 0 Å². The number of halogens is 4. The first kappa shape index (κ1) is 9.83. The molecule has 0 bridgehead atoms. The van der Waals surface area contributed by atoms with Crippen molar-refractivity contribution in [1.29, 1.82) is 0 Å². The monoisotopic (exact) mass is 245 g/mol. The van der Waals surface area contributed by atoms with E-state index in [1.54, 1.807) is 0 Å². The Kier molecular flexibility index (Phi) is 2.65. The SMILES string of the molecule is O=C1C(Br)CCN1CC(F)(F)F. The normalized spacial score (nSPS) is 25.2. The maximum atomic E-state index is 11.8. The lowest BCUT2D eigenvalue weighted by atomic mass is 10.4. The standard InChI is InChI=1S/C6H7BrF3NO/c7-4-1-2-11(5(4)12)3-6(8,9)10/h4H,1-3H2. The molecule has 1 heterocycles. The Morgan fingerprint density at radius 3 is 2.50 bits per heavy atom. The second-order valence-electron chi connectivity index (χ2n) is 2.63.